The fourth-order valence-electron chi connectivity index (χ4n) is 2.67. The number of rotatable bonds is 4. The summed E-state index contributed by atoms with van der Waals surface area (Å²) < 4.78 is 12.1. The van der Waals surface area contributed by atoms with Crippen molar-refractivity contribution in [2.75, 3.05) is 5.32 Å². The van der Waals surface area contributed by atoms with Gasteiger partial charge in [-0.05, 0) is 12.5 Å². The Hall–Kier alpha value is -3.28. The van der Waals surface area contributed by atoms with Gasteiger partial charge in [0.25, 0.3) is 5.91 Å². The normalized spacial score (nSPS) is 11.0. The van der Waals surface area contributed by atoms with Gasteiger partial charge in [-0.1, -0.05) is 35.0 Å². The molecular weight excluding hydrogens is 306 g/mol. The average molecular weight is 321 g/mol. The van der Waals surface area contributed by atoms with Gasteiger partial charge in [0.15, 0.2) is 11.4 Å². The molecule has 0 saturated carbocycles. The molecule has 3 heterocycles. The fourth-order valence-corrected chi connectivity index (χ4v) is 2.67. The van der Waals surface area contributed by atoms with Crippen LogP contribution in [0.15, 0.2) is 63.9 Å². The molecule has 0 radical (unpaired) electrons. The minimum Gasteiger partial charge on any atom is -0.463 e. The number of carbonyl (C=O) groups is 1. The zero-order chi connectivity index (χ0) is 16.5. The highest BCUT2D eigenvalue weighted by Crippen LogP contribution is 2.23. The van der Waals surface area contributed by atoms with E-state index in [-0.39, 0.29) is 5.91 Å². The number of amides is 1. The summed E-state index contributed by atoms with van der Waals surface area (Å²) in [6.45, 7) is 2.62. The van der Waals surface area contributed by atoms with Gasteiger partial charge in [0, 0.05) is 24.7 Å². The average Bonchev–Trinajstić information content (AvgIpc) is 3.28. The lowest BCUT2D eigenvalue weighted by molar-refractivity contribution is 0.101. The summed E-state index contributed by atoms with van der Waals surface area (Å²) in [5, 5.41) is 6.42. The van der Waals surface area contributed by atoms with E-state index >= 15 is 0 Å². The third-order valence-corrected chi connectivity index (χ3v) is 3.90. The fraction of sp³-hybridized carbons (Fsp3) is 0.111. The lowest BCUT2D eigenvalue weighted by atomic mass is 10.1. The Balaban J connectivity index is 1.71. The number of benzene rings is 1. The van der Waals surface area contributed by atoms with Crippen molar-refractivity contribution < 1.29 is 13.7 Å². The van der Waals surface area contributed by atoms with E-state index in [0.29, 0.717) is 23.6 Å². The van der Waals surface area contributed by atoms with Crippen LogP contribution in [0.2, 0.25) is 0 Å². The predicted molar refractivity (Wildman–Crippen MR) is 88.9 cm³/mol. The van der Waals surface area contributed by atoms with Gasteiger partial charge in [-0.3, -0.25) is 4.79 Å². The van der Waals surface area contributed by atoms with E-state index in [2.05, 4.69) is 34.7 Å². The molecule has 6 nitrogen and oxygen atoms in total. The van der Waals surface area contributed by atoms with Crippen LogP contribution < -0.4 is 5.32 Å². The second-order valence-electron chi connectivity index (χ2n) is 5.61. The molecule has 0 aliphatic rings. The van der Waals surface area contributed by atoms with E-state index in [1.807, 2.05) is 17.6 Å². The van der Waals surface area contributed by atoms with Crippen molar-refractivity contribution in [3.63, 3.8) is 0 Å². The molecule has 0 aliphatic carbocycles. The minimum absolute atomic E-state index is 0.262. The summed E-state index contributed by atoms with van der Waals surface area (Å²) in [5.74, 6) is 0.113. The number of hydrogen-bond donors (Lipinski definition) is 1. The molecule has 0 bridgehead atoms. The summed E-state index contributed by atoms with van der Waals surface area (Å²) in [6.07, 6.45) is 3.03. The molecule has 24 heavy (non-hydrogen) atoms. The van der Waals surface area contributed by atoms with Crippen LogP contribution in [-0.2, 0) is 6.54 Å². The molecule has 0 fully saturated rings. The largest absolute Gasteiger partial charge is 0.463 e. The first-order chi connectivity index (χ1) is 11.7. The van der Waals surface area contributed by atoms with E-state index in [0.717, 1.165) is 11.1 Å². The maximum atomic E-state index is 12.6. The summed E-state index contributed by atoms with van der Waals surface area (Å²) in [4.78, 5) is 12.6. The van der Waals surface area contributed by atoms with E-state index in [4.69, 9.17) is 8.94 Å². The number of fused-ring (bicyclic) bond motifs is 1. The molecule has 4 rings (SSSR count). The second kappa shape index (κ2) is 5.73. The molecule has 1 N–H and O–H groups in total. The number of carbonyl (C=O) groups excluding carboxylic acids is 1. The zero-order valence-electron chi connectivity index (χ0n) is 13.0. The highest BCUT2D eigenvalue weighted by Gasteiger charge is 2.18. The number of furan rings is 1. The van der Waals surface area contributed by atoms with Crippen molar-refractivity contribution >= 4 is 22.8 Å². The molecule has 0 unspecified atom stereocenters. The molecule has 0 saturated heterocycles. The SMILES string of the molecule is Cc1ccc(Cn2c(C(=O)Nc3ccon3)cc3occc32)cc1. The molecule has 3 aromatic heterocycles. The third kappa shape index (κ3) is 2.58. The molecule has 1 aromatic carbocycles. The monoisotopic (exact) mass is 321 g/mol. The van der Waals surface area contributed by atoms with Gasteiger partial charge in [-0.2, -0.15) is 0 Å². The summed E-state index contributed by atoms with van der Waals surface area (Å²) >= 11 is 0. The summed E-state index contributed by atoms with van der Waals surface area (Å²) in [5.41, 5.74) is 4.36. The number of nitrogens with zero attached hydrogens (tertiary/aromatic N) is 2. The highest BCUT2D eigenvalue weighted by molar-refractivity contribution is 6.05. The minimum atomic E-state index is -0.262. The Morgan fingerprint density at radius 2 is 2.00 bits per heavy atom. The zero-order valence-corrected chi connectivity index (χ0v) is 13.0. The van der Waals surface area contributed by atoms with Gasteiger partial charge in [0.05, 0.1) is 11.8 Å². The van der Waals surface area contributed by atoms with Crippen molar-refractivity contribution in [3.8, 4) is 0 Å². The predicted octanol–water partition coefficient (Wildman–Crippen LogP) is 3.83. The Bertz CT molecular complexity index is 979. The quantitative estimate of drug-likeness (QED) is 0.620. The Labute approximate surface area is 137 Å². The number of aromatic nitrogens is 2. The van der Waals surface area contributed by atoms with Gasteiger partial charge in [-0.15, -0.1) is 0 Å². The Kier molecular flexibility index (Phi) is 3.42. The number of anilines is 1. The van der Waals surface area contributed by atoms with Crippen LogP contribution in [0.4, 0.5) is 5.82 Å². The highest BCUT2D eigenvalue weighted by atomic mass is 16.5. The molecule has 120 valence electrons. The number of nitrogens with one attached hydrogen (secondary N) is 1. The van der Waals surface area contributed by atoms with Gasteiger partial charge < -0.3 is 18.8 Å². The van der Waals surface area contributed by atoms with Crippen LogP contribution in [0.5, 0.6) is 0 Å². The molecule has 0 atom stereocenters. The van der Waals surface area contributed by atoms with Gasteiger partial charge in [0.1, 0.15) is 12.0 Å². The van der Waals surface area contributed by atoms with Crippen molar-refractivity contribution in [3.05, 3.63) is 71.8 Å². The smallest absolute Gasteiger partial charge is 0.273 e. The maximum absolute atomic E-state index is 12.6. The molecule has 0 aliphatic heterocycles. The van der Waals surface area contributed by atoms with Crippen molar-refractivity contribution in [1.82, 2.24) is 9.72 Å². The van der Waals surface area contributed by atoms with Gasteiger partial charge >= 0.3 is 0 Å². The standard InChI is InChI=1S/C18H15N3O3/c1-12-2-4-13(5-3-12)11-21-14-6-8-23-16(14)10-15(21)18(22)19-17-7-9-24-20-17/h2-10H,11H2,1H3,(H,19,20,22). The summed E-state index contributed by atoms with van der Waals surface area (Å²) in [6, 6.07) is 13.4. The molecule has 0 spiro atoms. The van der Waals surface area contributed by atoms with Crippen LogP contribution in [0, 0.1) is 6.92 Å². The molecule has 1 amide bonds. The number of hydrogen-bond acceptors (Lipinski definition) is 4. The molecular formula is C18H15N3O3. The number of aryl methyl sites for hydroxylation is 1. The first kappa shape index (κ1) is 14.3. The van der Waals surface area contributed by atoms with E-state index in [1.54, 1.807) is 18.4 Å². The third-order valence-electron chi connectivity index (χ3n) is 3.90. The van der Waals surface area contributed by atoms with Crippen LogP contribution in [-0.4, -0.2) is 15.6 Å². The van der Waals surface area contributed by atoms with Crippen LogP contribution in [0.25, 0.3) is 11.1 Å². The first-order valence-electron chi connectivity index (χ1n) is 7.55. The Morgan fingerprint density at radius 3 is 2.75 bits per heavy atom. The van der Waals surface area contributed by atoms with E-state index in [1.165, 1.54) is 11.8 Å². The summed E-state index contributed by atoms with van der Waals surface area (Å²) in [7, 11) is 0. The van der Waals surface area contributed by atoms with E-state index < -0.39 is 0 Å². The molecule has 6 heteroatoms. The van der Waals surface area contributed by atoms with Crippen molar-refractivity contribution in [2.45, 2.75) is 13.5 Å². The van der Waals surface area contributed by atoms with Crippen LogP contribution >= 0.6 is 0 Å². The second-order valence-corrected chi connectivity index (χ2v) is 5.61. The van der Waals surface area contributed by atoms with E-state index in [9.17, 15) is 4.79 Å². The first-order valence-corrected chi connectivity index (χ1v) is 7.55. The van der Waals surface area contributed by atoms with Gasteiger partial charge in [-0.25, -0.2) is 0 Å². The topological polar surface area (TPSA) is 73.2 Å². The maximum Gasteiger partial charge on any atom is 0.273 e. The Morgan fingerprint density at radius 1 is 1.17 bits per heavy atom. The van der Waals surface area contributed by atoms with Crippen molar-refractivity contribution in [2.24, 2.45) is 0 Å². The van der Waals surface area contributed by atoms with Gasteiger partial charge in [0.2, 0.25) is 0 Å². The van der Waals surface area contributed by atoms with Crippen LogP contribution in [0.1, 0.15) is 21.6 Å². The lowest BCUT2D eigenvalue weighted by Gasteiger charge is -2.10. The van der Waals surface area contributed by atoms with Crippen molar-refractivity contribution in [1.29, 1.82) is 0 Å². The lowest BCUT2D eigenvalue weighted by Crippen LogP contribution is -2.17. The van der Waals surface area contributed by atoms with Crippen LogP contribution in [0.3, 0.4) is 0 Å². The molecule has 4 aromatic rings.